The summed E-state index contributed by atoms with van der Waals surface area (Å²) in [6, 6.07) is 15.0. The topological polar surface area (TPSA) is 68.5 Å². The van der Waals surface area contributed by atoms with Gasteiger partial charge in [-0.25, -0.2) is 4.52 Å². The largest absolute Gasteiger partial charge is 0.497 e. The van der Waals surface area contributed by atoms with Crippen molar-refractivity contribution in [3.8, 4) is 17.1 Å². The van der Waals surface area contributed by atoms with Crippen LogP contribution in [0.25, 0.3) is 16.3 Å². The zero-order chi connectivity index (χ0) is 20.2. The monoisotopic (exact) mass is 426 g/mol. The number of nitrogens with zero attached hydrogens (tertiary/aromatic N) is 3. The van der Waals surface area contributed by atoms with Crippen LogP contribution in [0.3, 0.4) is 0 Å². The van der Waals surface area contributed by atoms with E-state index in [0.29, 0.717) is 30.2 Å². The molecular formula is C21H19ClN4O2S. The van der Waals surface area contributed by atoms with E-state index in [1.54, 1.807) is 7.11 Å². The van der Waals surface area contributed by atoms with Crippen molar-refractivity contribution in [3.05, 3.63) is 70.2 Å². The molecule has 1 amide bonds. The van der Waals surface area contributed by atoms with Gasteiger partial charge in [0.25, 0.3) is 0 Å². The van der Waals surface area contributed by atoms with Gasteiger partial charge in [0.1, 0.15) is 5.75 Å². The van der Waals surface area contributed by atoms with Crippen molar-refractivity contribution in [2.24, 2.45) is 0 Å². The highest BCUT2D eigenvalue weighted by molar-refractivity contribution is 7.15. The summed E-state index contributed by atoms with van der Waals surface area (Å²) in [7, 11) is 1.62. The lowest BCUT2D eigenvalue weighted by Gasteiger charge is -2.06. The van der Waals surface area contributed by atoms with Crippen LogP contribution in [-0.4, -0.2) is 34.2 Å². The predicted molar refractivity (Wildman–Crippen MR) is 115 cm³/mol. The highest BCUT2D eigenvalue weighted by Gasteiger charge is 2.12. The summed E-state index contributed by atoms with van der Waals surface area (Å²) in [5, 5.41) is 10.3. The molecule has 0 aliphatic heterocycles. The van der Waals surface area contributed by atoms with Gasteiger partial charge in [-0.1, -0.05) is 23.7 Å². The van der Waals surface area contributed by atoms with Crippen LogP contribution in [0.4, 0.5) is 0 Å². The Bertz CT molecular complexity index is 1120. The maximum Gasteiger partial charge on any atom is 0.224 e. The summed E-state index contributed by atoms with van der Waals surface area (Å²) in [5.74, 6) is 1.43. The zero-order valence-corrected chi connectivity index (χ0v) is 17.3. The van der Waals surface area contributed by atoms with Crippen molar-refractivity contribution in [1.29, 1.82) is 0 Å². The molecule has 2 aromatic carbocycles. The molecule has 0 aliphatic carbocycles. The second kappa shape index (κ2) is 8.63. The predicted octanol–water partition coefficient (Wildman–Crippen LogP) is 4.02. The molecule has 1 N–H and O–H groups in total. The molecule has 8 heteroatoms. The number of aromatic nitrogens is 3. The Morgan fingerprint density at radius 2 is 1.93 bits per heavy atom. The Hall–Kier alpha value is -2.90. The van der Waals surface area contributed by atoms with Crippen molar-refractivity contribution in [1.82, 2.24) is 19.9 Å². The number of halogens is 1. The number of fused-ring (bicyclic) bond motifs is 1. The Labute approximate surface area is 177 Å². The summed E-state index contributed by atoms with van der Waals surface area (Å²) < 4.78 is 6.97. The number of benzene rings is 2. The quantitative estimate of drug-likeness (QED) is 0.484. The minimum Gasteiger partial charge on any atom is -0.497 e. The molecule has 2 aromatic heterocycles. The summed E-state index contributed by atoms with van der Waals surface area (Å²) in [5.41, 5.74) is 2.89. The first-order chi connectivity index (χ1) is 14.1. The van der Waals surface area contributed by atoms with Gasteiger partial charge in [-0.05, 0) is 42.0 Å². The second-order valence-corrected chi connectivity index (χ2v) is 7.76. The third kappa shape index (κ3) is 4.58. The molecule has 0 aliphatic rings. The molecule has 6 nitrogen and oxygen atoms in total. The van der Waals surface area contributed by atoms with Crippen molar-refractivity contribution in [2.75, 3.05) is 13.7 Å². The maximum atomic E-state index is 12.2. The van der Waals surface area contributed by atoms with E-state index in [0.717, 1.165) is 27.5 Å². The number of ether oxygens (including phenoxy) is 1. The fourth-order valence-electron chi connectivity index (χ4n) is 2.94. The van der Waals surface area contributed by atoms with Gasteiger partial charge >= 0.3 is 0 Å². The number of methoxy groups -OCH3 is 1. The normalized spacial score (nSPS) is 11.0. The van der Waals surface area contributed by atoms with Gasteiger partial charge in [0, 0.05) is 28.9 Å². The molecule has 0 fully saturated rings. The molecule has 0 atom stereocenters. The number of carbonyl (C=O) groups is 1. The molecule has 0 saturated carbocycles. The lowest BCUT2D eigenvalue weighted by atomic mass is 10.1. The summed E-state index contributed by atoms with van der Waals surface area (Å²) in [6.45, 7) is 0.539. The highest BCUT2D eigenvalue weighted by atomic mass is 35.5. The minimum absolute atomic E-state index is 0.0120. The van der Waals surface area contributed by atoms with Gasteiger partial charge in [0.2, 0.25) is 10.9 Å². The van der Waals surface area contributed by atoms with Crippen LogP contribution < -0.4 is 10.1 Å². The van der Waals surface area contributed by atoms with Crippen LogP contribution in [-0.2, 0) is 17.6 Å². The fraction of sp³-hybridized carbons (Fsp3) is 0.190. The van der Waals surface area contributed by atoms with E-state index >= 15 is 0 Å². The van der Waals surface area contributed by atoms with Crippen molar-refractivity contribution in [2.45, 2.75) is 12.8 Å². The Balaban J connectivity index is 1.35. The third-order valence-electron chi connectivity index (χ3n) is 4.48. The van der Waals surface area contributed by atoms with Crippen LogP contribution in [0.1, 0.15) is 11.3 Å². The molecule has 4 aromatic rings. The van der Waals surface area contributed by atoms with Gasteiger partial charge < -0.3 is 10.1 Å². The first kappa shape index (κ1) is 19.4. The fourth-order valence-corrected chi connectivity index (χ4v) is 3.92. The Morgan fingerprint density at radius 3 is 2.66 bits per heavy atom. The number of carbonyl (C=O) groups excluding carboxylic acids is 1. The summed E-state index contributed by atoms with van der Waals surface area (Å²) >= 11 is 7.48. The average molecular weight is 427 g/mol. The van der Waals surface area contributed by atoms with Crippen molar-refractivity contribution in [3.63, 3.8) is 0 Å². The first-order valence-corrected chi connectivity index (χ1v) is 10.4. The smallest absolute Gasteiger partial charge is 0.224 e. The van der Waals surface area contributed by atoms with E-state index in [-0.39, 0.29) is 5.91 Å². The van der Waals surface area contributed by atoms with Gasteiger partial charge in [-0.2, -0.15) is 4.98 Å². The molecular weight excluding hydrogens is 408 g/mol. The molecule has 0 spiro atoms. The first-order valence-electron chi connectivity index (χ1n) is 9.11. The second-order valence-electron chi connectivity index (χ2n) is 6.49. The molecule has 148 valence electrons. The molecule has 2 heterocycles. The van der Waals surface area contributed by atoms with E-state index in [4.69, 9.17) is 16.3 Å². The van der Waals surface area contributed by atoms with Gasteiger partial charge in [-0.3, -0.25) is 4.79 Å². The van der Waals surface area contributed by atoms with Crippen LogP contribution in [0.2, 0.25) is 5.02 Å². The SMILES string of the molecule is COc1ccc(CC(=O)NCCc2csc3nc(-c4ccc(Cl)cc4)nn23)cc1. The van der Waals surface area contributed by atoms with Crippen LogP contribution in [0.5, 0.6) is 5.75 Å². The summed E-state index contributed by atoms with van der Waals surface area (Å²) in [6.07, 6.45) is 1.02. The number of hydrogen-bond donors (Lipinski definition) is 1. The zero-order valence-electron chi connectivity index (χ0n) is 15.8. The molecule has 0 saturated heterocycles. The number of rotatable bonds is 7. The van der Waals surface area contributed by atoms with Gasteiger partial charge in [0.05, 0.1) is 19.2 Å². The van der Waals surface area contributed by atoms with E-state index < -0.39 is 0 Å². The molecule has 29 heavy (non-hydrogen) atoms. The van der Waals surface area contributed by atoms with Crippen LogP contribution >= 0.6 is 22.9 Å². The van der Waals surface area contributed by atoms with E-state index in [2.05, 4.69) is 15.4 Å². The highest BCUT2D eigenvalue weighted by Crippen LogP contribution is 2.22. The van der Waals surface area contributed by atoms with E-state index in [1.807, 2.05) is 58.4 Å². The lowest BCUT2D eigenvalue weighted by Crippen LogP contribution is -2.27. The molecule has 0 bridgehead atoms. The number of hydrogen-bond acceptors (Lipinski definition) is 5. The molecule has 0 unspecified atom stereocenters. The Morgan fingerprint density at radius 1 is 1.17 bits per heavy atom. The number of amides is 1. The Kier molecular flexibility index (Phi) is 5.78. The standard InChI is InChI=1S/C21H19ClN4O2S/c1-28-18-8-2-14(3-9-18)12-19(27)23-11-10-17-13-29-21-24-20(25-26(17)21)15-4-6-16(22)7-5-15/h2-9,13H,10-12H2,1H3,(H,23,27). The minimum atomic E-state index is -0.0120. The number of nitrogens with one attached hydrogen (secondary N) is 1. The number of thiazole rings is 1. The average Bonchev–Trinajstić information content (AvgIpc) is 3.31. The van der Waals surface area contributed by atoms with Gasteiger partial charge in [0.15, 0.2) is 5.82 Å². The molecule has 4 rings (SSSR count). The third-order valence-corrected chi connectivity index (χ3v) is 5.60. The van der Waals surface area contributed by atoms with Gasteiger partial charge in [-0.15, -0.1) is 16.4 Å². The van der Waals surface area contributed by atoms with Crippen LogP contribution in [0.15, 0.2) is 53.9 Å². The summed E-state index contributed by atoms with van der Waals surface area (Å²) in [4.78, 5) is 17.6. The van der Waals surface area contributed by atoms with E-state index in [1.165, 1.54) is 11.3 Å². The van der Waals surface area contributed by atoms with Crippen molar-refractivity contribution < 1.29 is 9.53 Å². The molecule has 0 radical (unpaired) electrons. The van der Waals surface area contributed by atoms with Crippen LogP contribution in [0, 0.1) is 0 Å². The lowest BCUT2D eigenvalue weighted by molar-refractivity contribution is -0.120. The van der Waals surface area contributed by atoms with Crippen molar-refractivity contribution >= 4 is 33.8 Å². The maximum absolute atomic E-state index is 12.2. The van der Waals surface area contributed by atoms with E-state index in [9.17, 15) is 4.79 Å².